The van der Waals surface area contributed by atoms with E-state index in [0.29, 0.717) is 0 Å². The molecule has 1 atom stereocenters. The first-order chi connectivity index (χ1) is 5.63. The van der Waals surface area contributed by atoms with Crippen molar-refractivity contribution in [2.75, 3.05) is 0 Å². The van der Waals surface area contributed by atoms with Crippen LogP contribution in [0, 0.1) is 6.92 Å². The highest BCUT2D eigenvalue weighted by Gasteiger charge is 2.07. The number of carbonyl (C=O) groups excluding carboxylic acids is 1. The summed E-state index contributed by atoms with van der Waals surface area (Å²) in [6.07, 6.45) is 0. The molecule has 12 heavy (non-hydrogen) atoms. The maximum absolute atomic E-state index is 10.5. The van der Waals surface area contributed by atoms with Crippen LogP contribution in [0.15, 0.2) is 24.3 Å². The van der Waals surface area contributed by atoms with Crippen LogP contribution in [0.4, 0.5) is 0 Å². The molecule has 0 N–H and O–H groups in total. The summed E-state index contributed by atoms with van der Waals surface area (Å²) in [7, 11) is 0. The Morgan fingerprint density at radius 2 is 2.00 bits per heavy atom. The number of carbonyl (C=O) groups is 1. The van der Waals surface area contributed by atoms with Gasteiger partial charge < -0.3 is 9.90 Å². The molecule has 64 valence electrons. The van der Waals surface area contributed by atoms with E-state index in [1.165, 1.54) is 0 Å². The predicted octanol–water partition coefficient (Wildman–Crippen LogP) is 0.848. The zero-order valence-corrected chi connectivity index (χ0v) is 7.20. The van der Waals surface area contributed by atoms with Gasteiger partial charge >= 0.3 is 0 Å². The quantitative estimate of drug-likeness (QED) is 0.648. The van der Waals surface area contributed by atoms with Gasteiger partial charge in [0.25, 0.3) is 0 Å². The maximum atomic E-state index is 10.5. The van der Waals surface area contributed by atoms with Gasteiger partial charge in [-0.2, -0.15) is 0 Å². The van der Waals surface area contributed by atoms with Gasteiger partial charge in [0, 0.05) is 11.9 Å². The fraction of sp³-hybridized carbons (Fsp3) is 0.300. The number of carboxylic acids is 1. The number of carboxylic acid groups (broad SMARTS) is 1. The fourth-order valence-electron chi connectivity index (χ4n) is 1.20. The average Bonchev–Trinajstić information content (AvgIpc) is 2.04. The SMILES string of the molecule is Cc1ccccc1C(C)C(=O)[O-]. The summed E-state index contributed by atoms with van der Waals surface area (Å²) in [5.41, 5.74) is 1.83. The van der Waals surface area contributed by atoms with Crippen LogP contribution >= 0.6 is 0 Å². The molecule has 0 radical (unpaired) electrons. The van der Waals surface area contributed by atoms with E-state index < -0.39 is 11.9 Å². The molecular formula is C10H11O2-. The van der Waals surface area contributed by atoms with E-state index in [4.69, 9.17) is 0 Å². The highest BCUT2D eigenvalue weighted by Crippen LogP contribution is 2.17. The zero-order chi connectivity index (χ0) is 9.14. The number of aryl methyl sites for hydroxylation is 1. The van der Waals surface area contributed by atoms with Crippen molar-refractivity contribution < 1.29 is 9.90 Å². The summed E-state index contributed by atoms with van der Waals surface area (Å²) in [4.78, 5) is 10.5. The lowest BCUT2D eigenvalue weighted by Gasteiger charge is -2.14. The van der Waals surface area contributed by atoms with Gasteiger partial charge in [0.15, 0.2) is 0 Å². The third-order valence-electron chi connectivity index (χ3n) is 2.01. The first-order valence-electron chi connectivity index (χ1n) is 3.89. The number of hydrogen-bond acceptors (Lipinski definition) is 2. The van der Waals surface area contributed by atoms with Gasteiger partial charge in [-0.15, -0.1) is 0 Å². The Morgan fingerprint density at radius 3 is 2.50 bits per heavy atom. The van der Waals surface area contributed by atoms with Gasteiger partial charge in [0.1, 0.15) is 0 Å². The molecule has 0 aliphatic carbocycles. The zero-order valence-electron chi connectivity index (χ0n) is 7.20. The predicted molar refractivity (Wildman–Crippen MR) is 44.6 cm³/mol. The molecule has 0 fully saturated rings. The minimum absolute atomic E-state index is 0.522. The molecule has 0 aliphatic heterocycles. The second kappa shape index (κ2) is 3.39. The minimum Gasteiger partial charge on any atom is -0.550 e. The molecule has 0 heterocycles. The molecule has 1 rings (SSSR count). The maximum Gasteiger partial charge on any atom is 0.0486 e. The van der Waals surface area contributed by atoms with Crippen molar-refractivity contribution in [1.82, 2.24) is 0 Å². The van der Waals surface area contributed by atoms with Crippen molar-refractivity contribution in [3.8, 4) is 0 Å². The molecule has 0 amide bonds. The van der Waals surface area contributed by atoms with Gasteiger partial charge in [-0.3, -0.25) is 0 Å². The third-order valence-corrected chi connectivity index (χ3v) is 2.01. The summed E-state index contributed by atoms with van der Waals surface area (Å²) in [5, 5.41) is 10.5. The van der Waals surface area contributed by atoms with Gasteiger partial charge in [-0.1, -0.05) is 31.2 Å². The van der Waals surface area contributed by atoms with E-state index >= 15 is 0 Å². The van der Waals surface area contributed by atoms with Crippen LogP contribution in [0.3, 0.4) is 0 Å². The minimum atomic E-state index is -1.02. The number of benzene rings is 1. The molecule has 0 bridgehead atoms. The topological polar surface area (TPSA) is 40.1 Å². The third kappa shape index (κ3) is 1.64. The molecule has 2 heteroatoms. The van der Waals surface area contributed by atoms with Crippen molar-refractivity contribution in [2.24, 2.45) is 0 Å². The smallest absolute Gasteiger partial charge is 0.0486 e. The Balaban J connectivity index is 3.02. The van der Waals surface area contributed by atoms with Gasteiger partial charge in [0.05, 0.1) is 0 Å². The summed E-state index contributed by atoms with van der Waals surface area (Å²) in [6.45, 7) is 3.53. The monoisotopic (exact) mass is 163 g/mol. The number of aliphatic carboxylic acids is 1. The summed E-state index contributed by atoms with van der Waals surface area (Å²) in [6, 6.07) is 7.44. The summed E-state index contributed by atoms with van der Waals surface area (Å²) < 4.78 is 0. The van der Waals surface area contributed by atoms with Gasteiger partial charge in [0.2, 0.25) is 0 Å². The van der Waals surface area contributed by atoms with E-state index in [1.54, 1.807) is 6.92 Å². The van der Waals surface area contributed by atoms with Crippen LogP contribution in [-0.4, -0.2) is 5.97 Å². The van der Waals surface area contributed by atoms with Crippen LogP contribution in [0.5, 0.6) is 0 Å². The number of rotatable bonds is 2. The van der Waals surface area contributed by atoms with Crippen LogP contribution < -0.4 is 5.11 Å². The largest absolute Gasteiger partial charge is 0.550 e. The Morgan fingerprint density at radius 1 is 1.42 bits per heavy atom. The second-order valence-electron chi connectivity index (χ2n) is 2.90. The molecule has 1 aromatic carbocycles. The fourth-order valence-corrected chi connectivity index (χ4v) is 1.20. The first kappa shape index (κ1) is 8.78. The van der Waals surface area contributed by atoms with Crippen LogP contribution in [0.1, 0.15) is 24.0 Å². The Kier molecular flexibility index (Phi) is 2.48. The molecule has 0 spiro atoms. The van der Waals surface area contributed by atoms with Crippen molar-refractivity contribution in [3.05, 3.63) is 35.4 Å². The van der Waals surface area contributed by atoms with E-state index in [0.717, 1.165) is 11.1 Å². The second-order valence-corrected chi connectivity index (χ2v) is 2.90. The molecule has 0 saturated carbocycles. The standard InChI is InChI=1S/C10H12O2/c1-7-5-3-4-6-9(7)8(2)10(11)12/h3-6,8H,1-2H3,(H,11,12)/p-1. The lowest BCUT2D eigenvalue weighted by atomic mass is 9.97. The highest BCUT2D eigenvalue weighted by molar-refractivity contribution is 5.73. The lowest BCUT2D eigenvalue weighted by molar-refractivity contribution is -0.307. The van der Waals surface area contributed by atoms with Gasteiger partial charge in [-0.05, 0) is 18.1 Å². The lowest BCUT2D eigenvalue weighted by Crippen LogP contribution is -2.28. The highest BCUT2D eigenvalue weighted by atomic mass is 16.4. The Hall–Kier alpha value is -1.31. The van der Waals surface area contributed by atoms with E-state index in [1.807, 2.05) is 31.2 Å². The van der Waals surface area contributed by atoms with Crippen LogP contribution in [0.2, 0.25) is 0 Å². The van der Waals surface area contributed by atoms with Crippen molar-refractivity contribution in [3.63, 3.8) is 0 Å². The molecule has 0 aliphatic rings. The molecule has 2 nitrogen and oxygen atoms in total. The number of hydrogen-bond donors (Lipinski definition) is 0. The van der Waals surface area contributed by atoms with Crippen molar-refractivity contribution >= 4 is 5.97 Å². The molecule has 1 aromatic rings. The summed E-state index contributed by atoms with van der Waals surface area (Å²) in [5.74, 6) is -1.55. The van der Waals surface area contributed by atoms with Crippen LogP contribution in [0.25, 0.3) is 0 Å². The molecule has 0 aromatic heterocycles. The summed E-state index contributed by atoms with van der Waals surface area (Å²) >= 11 is 0. The van der Waals surface area contributed by atoms with E-state index in [-0.39, 0.29) is 0 Å². The van der Waals surface area contributed by atoms with E-state index in [9.17, 15) is 9.90 Å². The Bertz CT molecular complexity index is 292. The van der Waals surface area contributed by atoms with Gasteiger partial charge in [-0.25, -0.2) is 0 Å². The van der Waals surface area contributed by atoms with E-state index in [2.05, 4.69) is 0 Å². The first-order valence-corrected chi connectivity index (χ1v) is 3.89. The van der Waals surface area contributed by atoms with Crippen LogP contribution in [-0.2, 0) is 4.79 Å². The van der Waals surface area contributed by atoms with Crippen molar-refractivity contribution in [2.45, 2.75) is 19.8 Å². The Labute approximate surface area is 71.8 Å². The normalized spacial score (nSPS) is 12.5. The molecule has 0 saturated heterocycles. The average molecular weight is 163 g/mol. The molecule has 1 unspecified atom stereocenters. The van der Waals surface area contributed by atoms with Crippen molar-refractivity contribution in [1.29, 1.82) is 0 Å². The molecular weight excluding hydrogens is 152 g/mol.